The van der Waals surface area contributed by atoms with Crippen LogP contribution in [0.15, 0.2) is 42.5 Å². The molecule has 0 radical (unpaired) electrons. The number of aryl methyl sites for hydroxylation is 1. The summed E-state index contributed by atoms with van der Waals surface area (Å²) in [6.45, 7) is 6.04. The number of hydrogen-bond acceptors (Lipinski definition) is 6. The zero-order valence-electron chi connectivity index (χ0n) is 18.8. The largest absolute Gasteiger partial charge is 0.476 e. The maximum absolute atomic E-state index is 13.0. The molecular formula is C24H28N2O6. The third kappa shape index (κ3) is 5.19. The van der Waals surface area contributed by atoms with Crippen LogP contribution in [-0.2, 0) is 20.9 Å². The number of benzene rings is 2. The minimum Gasteiger partial charge on any atom is -0.476 e. The molecule has 2 aromatic rings. The van der Waals surface area contributed by atoms with E-state index in [1.54, 1.807) is 37.8 Å². The van der Waals surface area contributed by atoms with Crippen molar-refractivity contribution in [1.29, 1.82) is 0 Å². The van der Waals surface area contributed by atoms with E-state index in [1.807, 2.05) is 30.3 Å². The Morgan fingerprint density at radius 1 is 1.16 bits per heavy atom. The number of amides is 2. The highest BCUT2D eigenvalue weighted by atomic mass is 16.5. The van der Waals surface area contributed by atoms with Crippen molar-refractivity contribution < 1.29 is 28.6 Å². The summed E-state index contributed by atoms with van der Waals surface area (Å²) in [6.07, 6.45) is -0.0326. The first-order valence-electron chi connectivity index (χ1n) is 10.4. The molecule has 0 spiro atoms. The molecule has 8 nitrogen and oxygen atoms in total. The van der Waals surface area contributed by atoms with E-state index in [9.17, 15) is 14.4 Å². The van der Waals surface area contributed by atoms with E-state index in [2.05, 4.69) is 5.32 Å². The van der Waals surface area contributed by atoms with Crippen molar-refractivity contribution in [3.8, 4) is 5.75 Å². The molecule has 1 heterocycles. The van der Waals surface area contributed by atoms with E-state index in [0.717, 1.165) is 5.56 Å². The van der Waals surface area contributed by atoms with Gasteiger partial charge in [0.05, 0.1) is 18.4 Å². The Bertz CT molecular complexity index is 1000. The van der Waals surface area contributed by atoms with Gasteiger partial charge in [0, 0.05) is 13.1 Å². The van der Waals surface area contributed by atoms with Crippen LogP contribution >= 0.6 is 0 Å². The number of fused-ring (bicyclic) bond motifs is 1. The van der Waals surface area contributed by atoms with Gasteiger partial charge in [-0.15, -0.1) is 0 Å². The molecule has 0 saturated carbocycles. The molecule has 0 aromatic heterocycles. The van der Waals surface area contributed by atoms with E-state index in [0.29, 0.717) is 42.1 Å². The Labute approximate surface area is 187 Å². The third-order valence-electron chi connectivity index (χ3n) is 5.17. The first-order chi connectivity index (χ1) is 15.2. The van der Waals surface area contributed by atoms with Crippen LogP contribution in [0.5, 0.6) is 5.75 Å². The minimum atomic E-state index is -1.05. The lowest BCUT2D eigenvalue weighted by molar-refractivity contribution is -0.132. The molecule has 32 heavy (non-hydrogen) atoms. The highest BCUT2D eigenvalue weighted by Gasteiger charge is 2.41. The quantitative estimate of drug-likeness (QED) is 0.522. The second-order valence-electron chi connectivity index (χ2n) is 8.04. The summed E-state index contributed by atoms with van der Waals surface area (Å²) < 4.78 is 15.9. The first-order valence-corrected chi connectivity index (χ1v) is 10.4. The topological polar surface area (TPSA) is 94.2 Å². The van der Waals surface area contributed by atoms with Crippen molar-refractivity contribution in [3.63, 3.8) is 0 Å². The standard InChI is InChI=1S/C24H28N2O6/c1-16-13-20-19(14-18(16)21(27)30-4)26(22(28)24(2,3)32-20)12-8-11-25-23(29)31-15-17-9-6-5-7-10-17/h5-7,9-10,13-14H,8,11-12,15H2,1-4H3,(H,25,29). The molecule has 0 saturated heterocycles. The lowest BCUT2D eigenvalue weighted by Crippen LogP contribution is -2.53. The van der Waals surface area contributed by atoms with Crippen molar-refractivity contribution in [2.75, 3.05) is 25.1 Å². The maximum Gasteiger partial charge on any atom is 0.407 e. The minimum absolute atomic E-state index is 0.186. The molecule has 1 aliphatic rings. The van der Waals surface area contributed by atoms with Crippen molar-refractivity contribution in [3.05, 3.63) is 59.2 Å². The first kappa shape index (κ1) is 23.1. The van der Waals surface area contributed by atoms with Gasteiger partial charge >= 0.3 is 12.1 Å². The summed E-state index contributed by atoms with van der Waals surface area (Å²) in [7, 11) is 1.31. The molecule has 0 fully saturated rings. The molecule has 8 heteroatoms. The Morgan fingerprint density at radius 2 is 1.88 bits per heavy atom. The Balaban J connectivity index is 1.63. The van der Waals surface area contributed by atoms with Gasteiger partial charge < -0.3 is 24.4 Å². The summed E-state index contributed by atoms with van der Waals surface area (Å²) in [4.78, 5) is 38.6. The molecule has 0 atom stereocenters. The van der Waals surface area contributed by atoms with Gasteiger partial charge in [0.2, 0.25) is 0 Å². The molecule has 0 unspecified atom stereocenters. The number of esters is 1. The molecule has 2 amide bonds. The van der Waals surface area contributed by atoms with Gasteiger partial charge in [0.1, 0.15) is 12.4 Å². The number of hydrogen-bond donors (Lipinski definition) is 1. The number of carbonyl (C=O) groups is 3. The average Bonchev–Trinajstić information content (AvgIpc) is 2.77. The number of nitrogens with one attached hydrogen (secondary N) is 1. The van der Waals surface area contributed by atoms with Crippen LogP contribution < -0.4 is 15.0 Å². The van der Waals surface area contributed by atoms with Crippen LogP contribution in [0.2, 0.25) is 0 Å². The fourth-order valence-electron chi connectivity index (χ4n) is 3.47. The summed E-state index contributed by atoms with van der Waals surface area (Å²) in [5.74, 6) is -0.184. The van der Waals surface area contributed by atoms with E-state index in [1.165, 1.54) is 7.11 Å². The molecule has 3 rings (SSSR count). The van der Waals surface area contributed by atoms with Crippen molar-refractivity contribution in [2.24, 2.45) is 0 Å². The fourth-order valence-corrected chi connectivity index (χ4v) is 3.47. The lowest BCUT2D eigenvalue weighted by atomic mass is 10.00. The molecular weight excluding hydrogens is 412 g/mol. The van der Waals surface area contributed by atoms with Crippen LogP contribution in [0.4, 0.5) is 10.5 Å². The van der Waals surface area contributed by atoms with Gasteiger partial charge in [-0.3, -0.25) is 4.79 Å². The number of nitrogens with zero attached hydrogens (tertiary/aromatic N) is 1. The second kappa shape index (κ2) is 9.72. The Kier molecular flexibility index (Phi) is 7.02. The number of ether oxygens (including phenoxy) is 3. The monoisotopic (exact) mass is 440 g/mol. The molecule has 170 valence electrons. The van der Waals surface area contributed by atoms with Gasteiger partial charge in [-0.1, -0.05) is 30.3 Å². The molecule has 0 aliphatic carbocycles. The maximum atomic E-state index is 13.0. The smallest absolute Gasteiger partial charge is 0.407 e. The number of rotatable bonds is 7. The van der Waals surface area contributed by atoms with E-state index in [4.69, 9.17) is 14.2 Å². The summed E-state index contributed by atoms with van der Waals surface area (Å²) in [5, 5.41) is 2.70. The average molecular weight is 440 g/mol. The second-order valence-corrected chi connectivity index (χ2v) is 8.04. The lowest BCUT2D eigenvalue weighted by Gasteiger charge is -2.39. The molecule has 1 N–H and O–H groups in total. The molecule has 1 aliphatic heterocycles. The van der Waals surface area contributed by atoms with Gasteiger partial charge in [-0.05, 0) is 50.5 Å². The summed E-state index contributed by atoms with van der Waals surface area (Å²) in [5.41, 5.74) is 1.43. The zero-order valence-corrected chi connectivity index (χ0v) is 18.8. The summed E-state index contributed by atoms with van der Waals surface area (Å²) >= 11 is 0. The van der Waals surface area contributed by atoms with Gasteiger partial charge in [0.25, 0.3) is 5.91 Å². The molecule has 2 aromatic carbocycles. The van der Waals surface area contributed by atoms with Crippen LogP contribution in [0.3, 0.4) is 0 Å². The van der Waals surface area contributed by atoms with Crippen molar-refractivity contribution in [2.45, 2.75) is 39.4 Å². The highest BCUT2D eigenvalue weighted by molar-refractivity contribution is 6.04. The normalized spacial score (nSPS) is 14.2. The number of anilines is 1. The summed E-state index contributed by atoms with van der Waals surface area (Å²) in [6, 6.07) is 12.8. The van der Waals surface area contributed by atoms with Crippen LogP contribution in [-0.4, -0.2) is 43.8 Å². The van der Waals surface area contributed by atoms with E-state index >= 15 is 0 Å². The number of alkyl carbamates (subject to hydrolysis) is 1. The number of methoxy groups -OCH3 is 1. The molecule has 0 bridgehead atoms. The van der Waals surface area contributed by atoms with Gasteiger partial charge in [-0.25, -0.2) is 9.59 Å². The van der Waals surface area contributed by atoms with Crippen LogP contribution in [0, 0.1) is 6.92 Å². The van der Waals surface area contributed by atoms with E-state index in [-0.39, 0.29) is 12.5 Å². The van der Waals surface area contributed by atoms with Crippen LogP contribution in [0.1, 0.15) is 41.8 Å². The Morgan fingerprint density at radius 3 is 2.56 bits per heavy atom. The van der Waals surface area contributed by atoms with Gasteiger partial charge in [0.15, 0.2) is 5.60 Å². The number of carbonyl (C=O) groups excluding carboxylic acids is 3. The SMILES string of the molecule is COC(=O)c1cc2c(cc1C)OC(C)(C)C(=O)N2CCCNC(=O)OCc1ccccc1. The fraction of sp³-hybridized carbons (Fsp3) is 0.375. The highest BCUT2D eigenvalue weighted by Crippen LogP contribution is 2.39. The Hall–Kier alpha value is -3.55. The zero-order chi connectivity index (χ0) is 23.3. The van der Waals surface area contributed by atoms with Crippen LogP contribution in [0.25, 0.3) is 0 Å². The third-order valence-corrected chi connectivity index (χ3v) is 5.17. The van der Waals surface area contributed by atoms with Gasteiger partial charge in [-0.2, -0.15) is 0 Å². The van der Waals surface area contributed by atoms with Crippen molar-refractivity contribution >= 4 is 23.7 Å². The van der Waals surface area contributed by atoms with Crippen molar-refractivity contribution in [1.82, 2.24) is 5.32 Å². The predicted octanol–water partition coefficient (Wildman–Crippen LogP) is 3.60. The van der Waals surface area contributed by atoms with E-state index < -0.39 is 17.7 Å². The predicted molar refractivity (Wildman–Crippen MR) is 119 cm³/mol.